The van der Waals surface area contributed by atoms with Gasteiger partial charge in [0, 0.05) is 49.5 Å². The molecule has 11 rings (SSSR count). The zero-order chi connectivity index (χ0) is 37.7. The molecule has 4 nitrogen and oxygen atoms in total. The van der Waals surface area contributed by atoms with Crippen LogP contribution < -0.4 is 0 Å². The van der Waals surface area contributed by atoms with E-state index in [0.717, 1.165) is 72.3 Å². The second-order valence-electron chi connectivity index (χ2n) is 14.4. The molecule has 0 bridgehead atoms. The maximum Gasteiger partial charge on any atom is 0.160 e. The number of hydrogen-bond donors (Lipinski definition) is 0. The van der Waals surface area contributed by atoms with Crippen LogP contribution in [0.15, 0.2) is 206 Å². The number of hydrogen-bond acceptors (Lipinski definition) is 3. The van der Waals surface area contributed by atoms with Crippen molar-refractivity contribution >= 4 is 43.5 Å². The number of aromatic nitrogens is 4. The van der Waals surface area contributed by atoms with Gasteiger partial charge in [0.05, 0.1) is 33.6 Å². The number of pyridine rings is 1. The van der Waals surface area contributed by atoms with E-state index >= 15 is 0 Å². The van der Waals surface area contributed by atoms with E-state index in [2.05, 4.69) is 187 Å². The van der Waals surface area contributed by atoms with Gasteiger partial charge in [-0.2, -0.15) is 0 Å². The van der Waals surface area contributed by atoms with Crippen molar-refractivity contribution < 1.29 is 0 Å². The number of benzene rings is 8. The second kappa shape index (κ2) is 13.6. The topological polar surface area (TPSA) is 43.6 Å². The molecule has 4 heteroatoms. The first kappa shape index (κ1) is 32.7. The maximum atomic E-state index is 5.47. The Labute approximate surface area is 330 Å². The van der Waals surface area contributed by atoms with Gasteiger partial charge in [-0.3, -0.25) is 0 Å². The Balaban J connectivity index is 1.13. The van der Waals surface area contributed by atoms with Crippen LogP contribution in [0, 0.1) is 0 Å². The van der Waals surface area contributed by atoms with E-state index in [9.17, 15) is 0 Å². The summed E-state index contributed by atoms with van der Waals surface area (Å²) in [5, 5.41) is 5.85. The molecule has 0 aliphatic heterocycles. The maximum absolute atomic E-state index is 5.47. The van der Waals surface area contributed by atoms with E-state index in [1.54, 1.807) is 0 Å². The first-order chi connectivity index (χ1) is 28.3. The molecule has 0 atom stereocenters. The lowest BCUT2D eigenvalue weighted by atomic mass is 9.95. The van der Waals surface area contributed by atoms with Crippen molar-refractivity contribution in [3.05, 3.63) is 206 Å². The fraction of sp³-hybridized carbons (Fsp3) is 0. The van der Waals surface area contributed by atoms with Crippen LogP contribution in [0.25, 0.3) is 105 Å². The molecule has 0 aliphatic carbocycles. The van der Waals surface area contributed by atoms with Crippen LogP contribution in [0.5, 0.6) is 0 Å². The van der Waals surface area contributed by atoms with Crippen molar-refractivity contribution in [2.75, 3.05) is 0 Å². The average molecular weight is 727 g/mol. The van der Waals surface area contributed by atoms with Gasteiger partial charge < -0.3 is 4.57 Å². The Bertz CT molecular complexity index is 3260. The van der Waals surface area contributed by atoms with Gasteiger partial charge in [0.2, 0.25) is 0 Å². The van der Waals surface area contributed by atoms with E-state index in [4.69, 9.17) is 15.0 Å². The summed E-state index contributed by atoms with van der Waals surface area (Å²) in [5.74, 6) is 0.686. The van der Waals surface area contributed by atoms with Crippen LogP contribution in [0.4, 0.5) is 0 Å². The third-order valence-electron chi connectivity index (χ3n) is 11.0. The first-order valence-corrected chi connectivity index (χ1v) is 19.3. The highest BCUT2D eigenvalue weighted by atomic mass is 15.0. The molecular weight excluding hydrogens is 693 g/mol. The molecular formula is C53H34N4. The van der Waals surface area contributed by atoms with Crippen molar-refractivity contribution in [2.24, 2.45) is 0 Å². The van der Waals surface area contributed by atoms with Crippen LogP contribution in [0.2, 0.25) is 0 Å². The molecule has 0 unspecified atom stereocenters. The van der Waals surface area contributed by atoms with E-state index < -0.39 is 0 Å². The van der Waals surface area contributed by atoms with E-state index in [1.165, 1.54) is 27.3 Å². The molecule has 266 valence electrons. The Kier molecular flexibility index (Phi) is 7.78. The van der Waals surface area contributed by atoms with Gasteiger partial charge in [-0.1, -0.05) is 164 Å². The predicted molar refractivity (Wildman–Crippen MR) is 236 cm³/mol. The van der Waals surface area contributed by atoms with Crippen molar-refractivity contribution in [1.29, 1.82) is 0 Å². The van der Waals surface area contributed by atoms with Crippen LogP contribution >= 0.6 is 0 Å². The zero-order valence-corrected chi connectivity index (χ0v) is 30.9. The molecule has 0 N–H and O–H groups in total. The monoisotopic (exact) mass is 726 g/mol. The lowest BCUT2D eigenvalue weighted by molar-refractivity contribution is 1.18. The molecule has 57 heavy (non-hydrogen) atoms. The SMILES string of the molecule is c1ccc(-c2ccc(-c3cc(-c4cccc(-c5nc6ccccc6c6ccc7c(c8ccccc8n7-c7ccccc7)c56)c4)nc(-c4ccccc4)n3)cc2)cc1. The minimum Gasteiger partial charge on any atom is -0.309 e. The third kappa shape index (κ3) is 5.66. The molecule has 0 fully saturated rings. The Hall–Kier alpha value is -7.69. The number of rotatable bonds is 6. The fourth-order valence-corrected chi connectivity index (χ4v) is 8.32. The molecule has 0 radical (unpaired) electrons. The second-order valence-corrected chi connectivity index (χ2v) is 14.4. The van der Waals surface area contributed by atoms with Crippen LogP contribution in [0.3, 0.4) is 0 Å². The quantitative estimate of drug-likeness (QED) is 0.160. The lowest BCUT2D eigenvalue weighted by Gasteiger charge is -2.14. The van der Waals surface area contributed by atoms with E-state index in [0.29, 0.717) is 5.82 Å². The van der Waals surface area contributed by atoms with Crippen molar-refractivity contribution in [3.63, 3.8) is 0 Å². The molecule has 0 amide bonds. The van der Waals surface area contributed by atoms with Gasteiger partial charge in [-0.05, 0) is 59.0 Å². The molecule has 0 saturated carbocycles. The molecule has 11 aromatic rings. The van der Waals surface area contributed by atoms with Crippen molar-refractivity contribution in [1.82, 2.24) is 19.5 Å². The van der Waals surface area contributed by atoms with Crippen LogP contribution in [0.1, 0.15) is 0 Å². The predicted octanol–water partition coefficient (Wildman–Crippen LogP) is 13.6. The minimum atomic E-state index is 0.686. The van der Waals surface area contributed by atoms with Crippen LogP contribution in [-0.2, 0) is 0 Å². The molecule has 0 aliphatic rings. The van der Waals surface area contributed by atoms with Gasteiger partial charge in [0.1, 0.15) is 0 Å². The Morgan fingerprint density at radius 3 is 1.67 bits per heavy atom. The Morgan fingerprint density at radius 1 is 0.316 bits per heavy atom. The molecule has 3 aromatic heterocycles. The summed E-state index contributed by atoms with van der Waals surface area (Å²) in [6.45, 7) is 0. The van der Waals surface area contributed by atoms with Gasteiger partial charge in [0.15, 0.2) is 5.82 Å². The summed E-state index contributed by atoms with van der Waals surface area (Å²) < 4.78 is 2.37. The summed E-state index contributed by atoms with van der Waals surface area (Å²) in [5.41, 5.74) is 13.5. The van der Waals surface area contributed by atoms with Gasteiger partial charge in [-0.25, -0.2) is 15.0 Å². The summed E-state index contributed by atoms with van der Waals surface area (Å²) in [7, 11) is 0. The Morgan fingerprint density at radius 2 is 0.895 bits per heavy atom. The standard InChI is InChI=1S/C53H34N4/c1-4-15-35(16-5-1)36-27-29-37(30-28-36)46-34-47(56-53(55-46)38-17-6-2-7-18-38)39-19-14-20-40(33-39)52-51-43(42-23-10-12-25-45(42)54-52)31-32-49-50(51)44-24-11-13-26-48(44)57(49)41-21-8-3-9-22-41/h1-34H. The summed E-state index contributed by atoms with van der Waals surface area (Å²) in [6, 6.07) is 72.5. The van der Waals surface area contributed by atoms with Gasteiger partial charge in [-0.15, -0.1) is 0 Å². The smallest absolute Gasteiger partial charge is 0.160 e. The van der Waals surface area contributed by atoms with Crippen molar-refractivity contribution in [2.45, 2.75) is 0 Å². The van der Waals surface area contributed by atoms with Gasteiger partial charge in [0.25, 0.3) is 0 Å². The fourth-order valence-electron chi connectivity index (χ4n) is 8.32. The summed E-state index contributed by atoms with van der Waals surface area (Å²) >= 11 is 0. The van der Waals surface area contributed by atoms with E-state index in [-0.39, 0.29) is 0 Å². The zero-order valence-electron chi connectivity index (χ0n) is 30.9. The number of para-hydroxylation sites is 3. The molecule has 0 saturated heterocycles. The normalized spacial score (nSPS) is 11.5. The van der Waals surface area contributed by atoms with Gasteiger partial charge >= 0.3 is 0 Å². The average Bonchev–Trinajstić information content (AvgIpc) is 3.64. The molecule has 0 spiro atoms. The summed E-state index contributed by atoms with van der Waals surface area (Å²) in [6.07, 6.45) is 0. The first-order valence-electron chi connectivity index (χ1n) is 19.3. The minimum absolute atomic E-state index is 0.686. The highest BCUT2D eigenvalue weighted by Gasteiger charge is 2.20. The van der Waals surface area contributed by atoms with E-state index in [1.807, 2.05) is 24.3 Å². The van der Waals surface area contributed by atoms with Crippen molar-refractivity contribution in [3.8, 4) is 62.0 Å². The van der Waals surface area contributed by atoms with Crippen LogP contribution in [-0.4, -0.2) is 19.5 Å². The highest BCUT2D eigenvalue weighted by molar-refractivity contribution is 6.28. The number of nitrogens with zero attached hydrogens (tertiary/aromatic N) is 4. The summed E-state index contributed by atoms with van der Waals surface area (Å²) in [4.78, 5) is 15.8. The lowest BCUT2D eigenvalue weighted by Crippen LogP contribution is -1.96. The molecule has 3 heterocycles. The largest absolute Gasteiger partial charge is 0.309 e. The molecule has 8 aromatic carbocycles. The highest BCUT2D eigenvalue weighted by Crippen LogP contribution is 2.43. The number of fused-ring (bicyclic) bond motifs is 7. The third-order valence-corrected chi connectivity index (χ3v) is 11.0.